The summed E-state index contributed by atoms with van der Waals surface area (Å²) in [5, 5.41) is 4.43. The Hall–Kier alpha value is -1.88. The normalized spacial score (nSPS) is 16.8. The van der Waals surface area contributed by atoms with Crippen molar-refractivity contribution in [3.63, 3.8) is 0 Å². The predicted octanol–water partition coefficient (Wildman–Crippen LogP) is 2.50. The lowest BCUT2D eigenvalue weighted by atomic mass is 10.2. The molecule has 0 amide bonds. The molecule has 0 spiro atoms. The molecule has 0 bridgehead atoms. The Morgan fingerprint density at radius 1 is 1.10 bits per heavy atom. The van der Waals surface area contributed by atoms with Gasteiger partial charge < -0.3 is 16.0 Å². The van der Waals surface area contributed by atoms with Crippen LogP contribution >= 0.6 is 0 Å². The first-order valence-corrected chi connectivity index (χ1v) is 7.79. The molecule has 5 nitrogen and oxygen atoms in total. The zero-order chi connectivity index (χ0) is 14.5. The van der Waals surface area contributed by atoms with Gasteiger partial charge in [0, 0.05) is 24.2 Å². The number of anilines is 2. The zero-order valence-corrected chi connectivity index (χ0v) is 12.4. The maximum absolute atomic E-state index is 5.86. The van der Waals surface area contributed by atoms with Crippen molar-refractivity contribution >= 4 is 22.4 Å². The maximum Gasteiger partial charge on any atom is 0.137 e. The summed E-state index contributed by atoms with van der Waals surface area (Å²) < 4.78 is 0. The molecule has 2 heterocycles. The largest absolute Gasteiger partial charge is 0.399 e. The number of aromatic nitrogens is 2. The van der Waals surface area contributed by atoms with Crippen molar-refractivity contribution < 1.29 is 0 Å². The van der Waals surface area contributed by atoms with Crippen LogP contribution < -0.4 is 11.1 Å². The topological polar surface area (TPSA) is 67.1 Å². The molecule has 0 aliphatic carbocycles. The highest BCUT2D eigenvalue weighted by molar-refractivity contribution is 5.91. The molecular formula is C16H23N5. The van der Waals surface area contributed by atoms with Crippen molar-refractivity contribution in [2.75, 3.05) is 37.2 Å². The Balaban J connectivity index is 1.63. The molecule has 3 rings (SSSR count). The molecule has 0 radical (unpaired) electrons. The van der Waals surface area contributed by atoms with E-state index in [1.54, 1.807) is 6.33 Å². The first-order chi connectivity index (χ1) is 10.3. The van der Waals surface area contributed by atoms with Crippen molar-refractivity contribution in [2.45, 2.75) is 25.7 Å². The molecular weight excluding hydrogens is 262 g/mol. The lowest BCUT2D eigenvalue weighted by Gasteiger charge is -2.20. The Morgan fingerprint density at radius 2 is 1.90 bits per heavy atom. The summed E-state index contributed by atoms with van der Waals surface area (Å²) in [6, 6.07) is 5.74. The average molecular weight is 285 g/mol. The van der Waals surface area contributed by atoms with Gasteiger partial charge in [-0.25, -0.2) is 9.97 Å². The van der Waals surface area contributed by atoms with E-state index in [1.807, 2.05) is 18.2 Å². The van der Waals surface area contributed by atoms with Gasteiger partial charge in [0.25, 0.3) is 0 Å². The molecule has 2 aromatic rings. The summed E-state index contributed by atoms with van der Waals surface area (Å²) in [4.78, 5) is 11.2. The van der Waals surface area contributed by atoms with Crippen LogP contribution in [-0.4, -0.2) is 41.0 Å². The van der Waals surface area contributed by atoms with E-state index in [9.17, 15) is 0 Å². The van der Waals surface area contributed by atoms with Gasteiger partial charge in [-0.1, -0.05) is 12.8 Å². The van der Waals surface area contributed by atoms with Crippen LogP contribution in [0.4, 0.5) is 11.5 Å². The molecule has 1 aliphatic rings. The fraction of sp³-hybridized carbons (Fsp3) is 0.500. The van der Waals surface area contributed by atoms with Crippen LogP contribution in [0, 0.1) is 0 Å². The second kappa shape index (κ2) is 6.72. The lowest BCUT2D eigenvalue weighted by molar-refractivity contribution is 0.296. The van der Waals surface area contributed by atoms with Crippen LogP contribution in [0.1, 0.15) is 25.7 Å². The van der Waals surface area contributed by atoms with Crippen molar-refractivity contribution in [3.8, 4) is 0 Å². The zero-order valence-electron chi connectivity index (χ0n) is 12.4. The Morgan fingerprint density at radius 3 is 2.71 bits per heavy atom. The molecule has 0 saturated carbocycles. The molecule has 1 saturated heterocycles. The average Bonchev–Trinajstić information content (AvgIpc) is 2.76. The number of hydrogen-bond donors (Lipinski definition) is 2. The molecule has 3 N–H and O–H groups in total. The molecule has 1 aromatic carbocycles. The first-order valence-electron chi connectivity index (χ1n) is 7.79. The Bertz CT molecular complexity index is 590. The molecule has 1 aliphatic heterocycles. The molecule has 112 valence electrons. The van der Waals surface area contributed by atoms with Crippen molar-refractivity contribution in [1.82, 2.24) is 14.9 Å². The van der Waals surface area contributed by atoms with Gasteiger partial charge >= 0.3 is 0 Å². The molecule has 0 atom stereocenters. The Labute approximate surface area is 125 Å². The highest BCUT2D eigenvalue weighted by Crippen LogP contribution is 2.21. The van der Waals surface area contributed by atoms with Gasteiger partial charge in [0.05, 0.1) is 5.52 Å². The van der Waals surface area contributed by atoms with Gasteiger partial charge in [-0.05, 0) is 44.1 Å². The number of fused-ring (bicyclic) bond motifs is 1. The number of likely N-dealkylation sites (tertiary alicyclic amines) is 1. The molecule has 1 fully saturated rings. The fourth-order valence-electron chi connectivity index (χ4n) is 2.91. The summed E-state index contributed by atoms with van der Waals surface area (Å²) in [7, 11) is 0. The highest BCUT2D eigenvalue weighted by atomic mass is 15.1. The summed E-state index contributed by atoms with van der Waals surface area (Å²) in [6.45, 7) is 4.41. The van der Waals surface area contributed by atoms with Gasteiger partial charge in [-0.2, -0.15) is 0 Å². The van der Waals surface area contributed by atoms with E-state index in [0.717, 1.165) is 35.5 Å². The number of rotatable bonds is 4. The SMILES string of the molecule is Nc1ccc2ncnc(NCCN3CCCCCC3)c2c1. The van der Waals surface area contributed by atoms with Crippen LogP contribution in [0.2, 0.25) is 0 Å². The second-order valence-electron chi connectivity index (χ2n) is 5.68. The van der Waals surface area contributed by atoms with Crippen LogP contribution in [-0.2, 0) is 0 Å². The first kappa shape index (κ1) is 14.1. The quantitative estimate of drug-likeness (QED) is 0.845. The van der Waals surface area contributed by atoms with Crippen LogP contribution in [0.25, 0.3) is 10.9 Å². The number of nitrogens with two attached hydrogens (primary N) is 1. The molecule has 5 heteroatoms. The van der Waals surface area contributed by atoms with E-state index in [-0.39, 0.29) is 0 Å². The highest BCUT2D eigenvalue weighted by Gasteiger charge is 2.09. The maximum atomic E-state index is 5.86. The summed E-state index contributed by atoms with van der Waals surface area (Å²) in [5.74, 6) is 0.877. The van der Waals surface area contributed by atoms with E-state index < -0.39 is 0 Å². The van der Waals surface area contributed by atoms with E-state index in [0.29, 0.717) is 0 Å². The molecule has 1 aromatic heterocycles. The number of nitrogens with zero attached hydrogens (tertiary/aromatic N) is 3. The van der Waals surface area contributed by atoms with Crippen molar-refractivity contribution in [1.29, 1.82) is 0 Å². The minimum atomic E-state index is 0.743. The van der Waals surface area contributed by atoms with E-state index in [2.05, 4.69) is 20.2 Å². The third-order valence-corrected chi connectivity index (χ3v) is 4.08. The number of hydrogen-bond acceptors (Lipinski definition) is 5. The summed E-state index contributed by atoms with van der Waals surface area (Å²) in [5.41, 5.74) is 7.53. The van der Waals surface area contributed by atoms with Gasteiger partial charge in [-0.15, -0.1) is 0 Å². The van der Waals surface area contributed by atoms with Crippen LogP contribution in [0.5, 0.6) is 0 Å². The second-order valence-corrected chi connectivity index (χ2v) is 5.68. The van der Waals surface area contributed by atoms with E-state index >= 15 is 0 Å². The van der Waals surface area contributed by atoms with Gasteiger partial charge in [0.1, 0.15) is 12.1 Å². The third kappa shape index (κ3) is 3.61. The van der Waals surface area contributed by atoms with Gasteiger partial charge in [0.2, 0.25) is 0 Å². The van der Waals surface area contributed by atoms with Crippen molar-refractivity contribution in [3.05, 3.63) is 24.5 Å². The lowest BCUT2D eigenvalue weighted by Crippen LogP contribution is -2.30. The van der Waals surface area contributed by atoms with Crippen LogP contribution in [0.3, 0.4) is 0 Å². The van der Waals surface area contributed by atoms with E-state index in [1.165, 1.54) is 38.8 Å². The number of nitrogen functional groups attached to an aromatic ring is 1. The number of nitrogens with one attached hydrogen (secondary N) is 1. The third-order valence-electron chi connectivity index (χ3n) is 4.08. The predicted molar refractivity (Wildman–Crippen MR) is 87.3 cm³/mol. The monoisotopic (exact) mass is 285 g/mol. The summed E-state index contributed by atoms with van der Waals surface area (Å²) in [6.07, 6.45) is 7.01. The standard InChI is InChI=1S/C16H23N5/c17-13-5-6-15-14(11-13)16(20-12-19-15)18-7-10-21-8-3-1-2-4-9-21/h5-6,11-12H,1-4,7-10,17H2,(H,18,19,20). The van der Waals surface area contributed by atoms with Gasteiger partial charge in [-0.3, -0.25) is 0 Å². The van der Waals surface area contributed by atoms with Gasteiger partial charge in [0.15, 0.2) is 0 Å². The van der Waals surface area contributed by atoms with Crippen molar-refractivity contribution in [2.24, 2.45) is 0 Å². The van der Waals surface area contributed by atoms with Crippen LogP contribution in [0.15, 0.2) is 24.5 Å². The number of benzene rings is 1. The molecule has 21 heavy (non-hydrogen) atoms. The minimum absolute atomic E-state index is 0.743. The Kier molecular flexibility index (Phi) is 4.50. The van der Waals surface area contributed by atoms with E-state index in [4.69, 9.17) is 5.73 Å². The smallest absolute Gasteiger partial charge is 0.137 e. The minimum Gasteiger partial charge on any atom is -0.399 e. The summed E-state index contributed by atoms with van der Waals surface area (Å²) >= 11 is 0. The molecule has 0 unspecified atom stereocenters. The fourth-order valence-corrected chi connectivity index (χ4v) is 2.91.